The van der Waals surface area contributed by atoms with E-state index in [-0.39, 0.29) is 5.60 Å². The molecule has 1 rings (SSSR count). The van der Waals surface area contributed by atoms with Crippen LogP contribution < -0.4 is 4.74 Å². The molecule has 1 heterocycles. The van der Waals surface area contributed by atoms with Gasteiger partial charge in [-0.2, -0.15) is 0 Å². The minimum absolute atomic E-state index is 0.218. The maximum atomic E-state index is 5.90. The zero-order chi connectivity index (χ0) is 11.5. The van der Waals surface area contributed by atoms with Crippen molar-refractivity contribution in [3.05, 3.63) is 22.8 Å². The Labute approximate surface area is 101 Å². The summed E-state index contributed by atoms with van der Waals surface area (Å²) in [5, 5.41) is 0.576. The lowest BCUT2D eigenvalue weighted by Gasteiger charge is -2.24. The van der Waals surface area contributed by atoms with Crippen LogP contribution in [0.15, 0.2) is 12.1 Å². The van der Waals surface area contributed by atoms with E-state index < -0.39 is 0 Å². The van der Waals surface area contributed by atoms with Gasteiger partial charge in [-0.05, 0) is 26.3 Å². The second-order valence-electron chi connectivity index (χ2n) is 3.93. The number of aromatic nitrogens is 1. The summed E-state index contributed by atoms with van der Waals surface area (Å²) in [5.74, 6) is 0.865. The van der Waals surface area contributed by atoms with E-state index in [9.17, 15) is 0 Å². The van der Waals surface area contributed by atoms with Crippen LogP contribution in [0.25, 0.3) is 0 Å². The van der Waals surface area contributed by atoms with Crippen molar-refractivity contribution in [1.29, 1.82) is 0 Å². The first-order chi connectivity index (χ1) is 6.98. The molecule has 15 heavy (non-hydrogen) atoms. The highest BCUT2D eigenvalue weighted by Gasteiger charge is 2.17. The number of rotatable bonds is 4. The zero-order valence-corrected chi connectivity index (χ0v) is 10.7. The molecule has 1 aromatic rings. The number of hydrogen-bond acceptors (Lipinski definition) is 2. The molecule has 0 aromatic carbocycles. The zero-order valence-electron chi connectivity index (χ0n) is 9.18. The van der Waals surface area contributed by atoms with Crippen molar-refractivity contribution in [2.24, 2.45) is 0 Å². The fourth-order valence-corrected chi connectivity index (χ4v) is 1.41. The van der Waals surface area contributed by atoms with E-state index in [1.54, 1.807) is 12.1 Å². The lowest BCUT2D eigenvalue weighted by molar-refractivity contribution is 0.0988. The topological polar surface area (TPSA) is 22.1 Å². The van der Waals surface area contributed by atoms with Crippen LogP contribution >= 0.6 is 23.2 Å². The van der Waals surface area contributed by atoms with Gasteiger partial charge >= 0.3 is 0 Å². The van der Waals surface area contributed by atoms with Gasteiger partial charge in [-0.3, -0.25) is 0 Å². The number of hydrogen-bond donors (Lipinski definition) is 0. The second kappa shape index (κ2) is 5.04. The van der Waals surface area contributed by atoms with Crippen LogP contribution in [0.3, 0.4) is 0 Å². The Balaban J connectivity index is 2.87. The van der Waals surface area contributed by atoms with Crippen molar-refractivity contribution in [1.82, 2.24) is 4.98 Å². The Kier molecular flexibility index (Phi) is 4.23. The molecule has 0 atom stereocenters. The van der Waals surface area contributed by atoms with Crippen molar-refractivity contribution in [2.75, 3.05) is 0 Å². The Morgan fingerprint density at radius 2 is 2.07 bits per heavy atom. The van der Waals surface area contributed by atoms with E-state index in [1.807, 2.05) is 13.8 Å². The van der Waals surface area contributed by atoms with Crippen molar-refractivity contribution in [3.8, 4) is 5.88 Å². The third kappa shape index (κ3) is 3.54. The average Bonchev–Trinajstić information content (AvgIpc) is 2.20. The van der Waals surface area contributed by atoms with Crippen LogP contribution in [0.2, 0.25) is 5.02 Å². The van der Waals surface area contributed by atoms with Crippen LogP contribution in [0.1, 0.15) is 32.9 Å². The Morgan fingerprint density at radius 3 is 2.60 bits per heavy atom. The van der Waals surface area contributed by atoms with Crippen molar-refractivity contribution >= 4 is 23.2 Å². The van der Waals surface area contributed by atoms with Crippen LogP contribution in [-0.2, 0) is 5.88 Å². The standard InChI is InChI=1S/C11H15Cl2NO/c1-4-11(2,3)15-10-6-5-8(13)9(7-12)14-10/h5-6H,4,7H2,1-3H3. The monoisotopic (exact) mass is 247 g/mol. The number of alkyl halides is 1. The van der Waals surface area contributed by atoms with Gasteiger partial charge in [-0.1, -0.05) is 18.5 Å². The fourth-order valence-electron chi connectivity index (χ4n) is 0.970. The molecule has 0 spiro atoms. The van der Waals surface area contributed by atoms with Crippen LogP contribution in [-0.4, -0.2) is 10.6 Å². The van der Waals surface area contributed by atoms with Gasteiger partial charge in [0.2, 0.25) is 5.88 Å². The summed E-state index contributed by atoms with van der Waals surface area (Å²) < 4.78 is 5.72. The largest absolute Gasteiger partial charge is 0.472 e. The van der Waals surface area contributed by atoms with Gasteiger partial charge in [0.15, 0.2) is 0 Å². The lowest BCUT2D eigenvalue weighted by Crippen LogP contribution is -2.27. The van der Waals surface area contributed by atoms with E-state index >= 15 is 0 Å². The average molecular weight is 248 g/mol. The van der Waals surface area contributed by atoms with Gasteiger partial charge < -0.3 is 4.74 Å². The van der Waals surface area contributed by atoms with Gasteiger partial charge in [-0.15, -0.1) is 11.6 Å². The van der Waals surface area contributed by atoms with Crippen molar-refractivity contribution < 1.29 is 4.74 Å². The summed E-state index contributed by atoms with van der Waals surface area (Å²) in [4.78, 5) is 4.24. The fraction of sp³-hybridized carbons (Fsp3) is 0.545. The summed E-state index contributed by atoms with van der Waals surface area (Å²) in [6.07, 6.45) is 0.910. The molecule has 4 heteroatoms. The molecule has 0 amide bonds. The summed E-state index contributed by atoms with van der Waals surface area (Å²) in [7, 11) is 0. The summed E-state index contributed by atoms with van der Waals surface area (Å²) in [6, 6.07) is 3.52. The number of nitrogens with zero attached hydrogens (tertiary/aromatic N) is 1. The summed E-state index contributed by atoms with van der Waals surface area (Å²) in [5.41, 5.74) is 0.437. The smallest absolute Gasteiger partial charge is 0.214 e. The third-order valence-electron chi connectivity index (χ3n) is 2.25. The Hall–Kier alpha value is -0.470. The molecule has 0 aliphatic heterocycles. The first-order valence-electron chi connectivity index (χ1n) is 4.89. The van der Waals surface area contributed by atoms with Crippen molar-refractivity contribution in [3.63, 3.8) is 0 Å². The number of halogens is 2. The molecule has 0 aliphatic carbocycles. The first-order valence-corrected chi connectivity index (χ1v) is 5.80. The molecule has 0 radical (unpaired) electrons. The normalized spacial score (nSPS) is 11.5. The van der Waals surface area contributed by atoms with Gasteiger partial charge in [0.25, 0.3) is 0 Å². The molecular formula is C11H15Cl2NO. The molecule has 0 unspecified atom stereocenters. The Bertz CT molecular complexity index is 339. The van der Waals surface area contributed by atoms with Gasteiger partial charge in [0.1, 0.15) is 5.60 Å². The summed E-state index contributed by atoms with van der Waals surface area (Å²) in [6.45, 7) is 6.10. The van der Waals surface area contributed by atoms with E-state index in [2.05, 4.69) is 11.9 Å². The van der Waals surface area contributed by atoms with Crippen LogP contribution in [0, 0.1) is 0 Å². The van der Waals surface area contributed by atoms with Crippen LogP contribution in [0.4, 0.5) is 0 Å². The van der Waals surface area contributed by atoms with Gasteiger partial charge in [0, 0.05) is 6.07 Å². The quantitative estimate of drug-likeness (QED) is 0.750. The predicted molar refractivity (Wildman–Crippen MR) is 63.8 cm³/mol. The van der Waals surface area contributed by atoms with Crippen molar-refractivity contribution in [2.45, 2.75) is 38.7 Å². The highest BCUT2D eigenvalue weighted by Crippen LogP contribution is 2.23. The first kappa shape index (κ1) is 12.6. The number of ether oxygens (including phenoxy) is 1. The molecule has 0 fully saturated rings. The second-order valence-corrected chi connectivity index (χ2v) is 4.60. The minimum Gasteiger partial charge on any atom is -0.472 e. The molecular weight excluding hydrogens is 233 g/mol. The highest BCUT2D eigenvalue weighted by atomic mass is 35.5. The van der Waals surface area contributed by atoms with E-state index in [1.165, 1.54) is 0 Å². The molecule has 84 valence electrons. The Morgan fingerprint density at radius 1 is 1.40 bits per heavy atom. The molecule has 2 nitrogen and oxygen atoms in total. The molecule has 0 bridgehead atoms. The SMILES string of the molecule is CCC(C)(C)Oc1ccc(Cl)c(CCl)n1. The van der Waals surface area contributed by atoms with E-state index in [4.69, 9.17) is 27.9 Å². The third-order valence-corrected chi connectivity index (χ3v) is 2.85. The molecule has 0 saturated carbocycles. The lowest BCUT2D eigenvalue weighted by atomic mass is 10.1. The maximum absolute atomic E-state index is 5.90. The highest BCUT2D eigenvalue weighted by molar-refractivity contribution is 6.32. The van der Waals surface area contributed by atoms with E-state index in [0.29, 0.717) is 22.5 Å². The van der Waals surface area contributed by atoms with Crippen LogP contribution in [0.5, 0.6) is 5.88 Å². The maximum Gasteiger partial charge on any atom is 0.214 e. The number of pyridine rings is 1. The summed E-state index contributed by atoms with van der Waals surface area (Å²) >= 11 is 11.6. The van der Waals surface area contributed by atoms with Gasteiger partial charge in [-0.25, -0.2) is 4.98 Å². The molecule has 1 aromatic heterocycles. The predicted octanol–water partition coefficient (Wildman–Crippen LogP) is 4.04. The minimum atomic E-state index is -0.218. The molecule has 0 aliphatic rings. The molecule has 0 saturated heterocycles. The van der Waals surface area contributed by atoms with E-state index in [0.717, 1.165) is 6.42 Å². The molecule has 0 N–H and O–H groups in total. The van der Waals surface area contributed by atoms with Gasteiger partial charge in [0.05, 0.1) is 16.6 Å².